The highest BCUT2D eigenvalue weighted by Crippen LogP contribution is 2.22. The first-order chi connectivity index (χ1) is 12.5. The molecule has 2 amide bonds. The van der Waals surface area contributed by atoms with E-state index in [0.717, 1.165) is 43.3 Å². The van der Waals surface area contributed by atoms with Crippen molar-refractivity contribution in [3.8, 4) is 0 Å². The van der Waals surface area contributed by atoms with Crippen molar-refractivity contribution in [1.82, 2.24) is 10.2 Å². The van der Waals surface area contributed by atoms with E-state index in [2.05, 4.69) is 15.5 Å². The quantitative estimate of drug-likeness (QED) is 0.596. The van der Waals surface area contributed by atoms with E-state index in [4.69, 9.17) is 5.11 Å². The zero-order valence-electron chi connectivity index (χ0n) is 13.9. The van der Waals surface area contributed by atoms with E-state index in [1.54, 1.807) is 24.3 Å². The number of thioether (sulfide) groups is 1. The van der Waals surface area contributed by atoms with Crippen LogP contribution in [0.15, 0.2) is 34.5 Å². The van der Waals surface area contributed by atoms with Gasteiger partial charge in [0, 0.05) is 18.7 Å². The molecule has 2 fully saturated rings. The molecule has 2 saturated heterocycles. The maximum Gasteiger partial charge on any atom is 0.305 e. The molecule has 3 rings (SSSR count). The lowest BCUT2D eigenvalue weighted by atomic mass is 10.1. The summed E-state index contributed by atoms with van der Waals surface area (Å²) in [7, 11) is 0. The highest BCUT2D eigenvalue weighted by Gasteiger charge is 2.32. The van der Waals surface area contributed by atoms with Crippen molar-refractivity contribution in [2.75, 3.05) is 13.1 Å². The minimum absolute atomic E-state index is 0.0424. The number of likely N-dealkylation sites (tertiary alicyclic amines) is 1. The van der Waals surface area contributed by atoms with Crippen LogP contribution >= 0.6 is 11.8 Å². The summed E-state index contributed by atoms with van der Waals surface area (Å²) in [6, 6.07) is 7.06. The van der Waals surface area contributed by atoms with Crippen LogP contribution < -0.4 is 5.32 Å². The van der Waals surface area contributed by atoms with Gasteiger partial charge in [0.25, 0.3) is 5.91 Å². The summed E-state index contributed by atoms with van der Waals surface area (Å²) in [4.78, 5) is 36.4. The van der Waals surface area contributed by atoms with Gasteiger partial charge in [-0.2, -0.15) is 5.10 Å². The van der Waals surface area contributed by atoms with Crippen molar-refractivity contribution in [3.05, 3.63) is 35.4 Å². The Balaban J connectivity index is 1.58. The van der Waals surface area contributed by atoms with Gasteiger partial charge in [-0.15, -0.1) is 5.10 Å². The molecule has 2 heterocycles. The van der Waals surface area contributed by atoms with Crippen molar-refractivity contribution in [2.24, 2.45) is 10.2 Å². The summed E-state index contributed by atoms with van der Waals surface area (Å²) in [6.07, 6.45) is 3.36. The fourth-order valence-corrected chi connectivity index (χ4v) is 3.62. The Morgan fingerprint density at radius 1 is 1.27 bits per heavy atom. The zero-order chi connectivity index (χ0) is 18.5. The van der Waals surface area contributed by atoms with E-state index in [9.17, 15) is 14.4 Å². The minimum atomic E-state index is -1.04. The first-order valence-electron chi connectivity index (χ1n) is 8.22. The molecule has 1 aromatic carbocycles. The molecule has 0 bridgehead atoms. The number of nitrogens with zero attached hydrogens (tertiary/aromatic N) is 3. The molecule has 26 heavy (non-hydrogen) atoms. The Kier molecular flexibility index (Phi) is 5.67. The van der Waals surface area contributed by atoms with Crippen LogP contribution in [0.5, 0.6) is 0 Å². The van der Waals surface area contributed by atoms with Crippen molar-refractivity contribution in [2.45, 2.75) is 24.5 Å². The van der Waals surface area contributed by atoms with Crippen molar-refractivity contribution < 1.29 is 19.5 Å². The second kappa shape index (κ2) is 8.13. The predicted molar refractivity (Wildman–Crippen MR) is 98.4 cm³/mol. The number of benzene rings is 1. The van der Waals surface area contributed by atoms with Gasteiger partial charge < -0.3 is 15.3 Å². The lowest BCUT2D eigenvalue weighted by molar-refractivity contribution is -0.138. The first kappa shape index (κ1) is 18.1. The van der Waals surface area contributed by atoms with Crippen LogP contribution in [-0.4, -0.2) is 57.5 Å². The molecule has 9 heteroatoms. The molecular weight excluding hydrogens is 356 g/mol. The monoisotopic (exact) mass is 374 g/mol. The molecule has 1 atom stereocenters. The lowest BCUT2D eigenvalue weighted by Gasteiger charge is -2.14. The molecule has 0 saturated carbocycles. The van der Waals surface area contributed by atoms with Gasteiger partial charge >= 0.3 is 5.97 Å². The Morgan fingerprint density at radius 3 is 2.62 bits per heavy atom. The van der Waals surface area contributed by atoms with Crippen molar-refractivity contribution >= 4 is 40.9 Å². The van der Waals surface area contributed by atoms with Crippen LogP contribution in [-0.2, 0) is 9.59 Å². The average molecular weight is 374 g/mol. The first-order valence-corrected chi connectivity index (χ1v) is 9.10. The number of aliphatic carboxylic acids is 1. The van der Waals surface area contributed by atoms with Gasteiger partial charge in [-0.1, -0.05) is 23.9 Å². The minimum Gasteiger partial charge on any atom is -0.481 e. The van der Waals surface area contributed by atoms with Crippen molar-refractivity contribution in [3.63, 3.8) is 0 Å². The fraction of sp³-hybridized carbons (Fsp3) is 0.353. The fourth-order valence-electron chi connectivity index (χ4n) is 2.71. The zero-order valence-corrected chi connectivity index (χ0v) is 14.7. The summed E-state index contributed by atoms with van der Waals surface area (Å²) in [5.74, 6) is -1.37. The predicted octanol–water partition coefficient (Wildman–Crippen LogP) is 1.32. The number of hydrogen-bond acceptors (Lipinski definition) is 6. The number of hydrogen-bond donors (Lipinski definition) is 2. The summed E-state index contributed by atoms with van der Waals surface area (Å²) >= 11 is 1.05. The Bertz CT molecular complexity index is 769. The van der Waals surface area contributed by atoms with Gasteiger partial charge in [-0.25, -0.2) is 0 Å². The van der Waals surface area contributed by atoms with Crippen LogP contribution in [0.1, 0.15) is 35.2 Å². The standard InChI is InChI=1S/C17H18N4O4S/c22-14(23)9-13-15(24)19-17(26-13)20-18-10-11-3-5-12(6-4-11)16(25)21-7-1-2-8-21/h3-6,10,13H,1-2,7-9H2,(H,22,23)(H,19,20,24). The lowest BCUT2D eigenvalue weighted by Crippen LogP contribution is -2.27. The number of nitrogens with one attached hydrogen (secondary N) is 1. The Labute approximate surface area is 154 Å². The van der Waals surface area contributed by atoms with Gasteiger partial charge in [-0.3, -0.25) is 14.4 Å². The third kappa shape index (κ3) is 4.48. The second-order valence-electron chi connectivity index (χ2n) is 5.96. The smallest absolute Gasteiger partial charge is 0.305 e. The van der Waals surface area contributed by atoms with Gasteiger partial charge in [-0.05, 0) is 30.5 Å². The van der Waals surface area contributed by atoms with E-state index in [1.165, 1.54) is 6.21 Å². The normalized spacial score (nSPS) is 21.5. The van der Waals surface area contributed by atoms with Gasteiger partial charge in [0.1, 0.15) is 5.25 Å². The van der Waals surface area contributed by atoms with E-state index >= 15 is 0 Å². The second-order valence-corrected chi connectivity index (χ2v) is 7.16. The number of rotatable bonds is 5. The Morgan fingerprint density at radius 2 is 1.96 bits per heavy atom. The van der Waals surface area contributed by atoms with Crippen LogP contribution in [0, 0.1) is 0 Å². The molecule has 0 aliphatic carbocycles. The third-order valence-electron chi connectivity index (χ3n) is 4.04. The molecule has 1 aromatic rings. The molecule has 2 N–H and O–H groups in total. The van der Waals surface area contributed by atoms with Gasteiger partial charge in [0.15, 0.2) is 5.17 Å². The summed E-state index contributed by atoms with van der Waals surface area (Å²) in [5.41, 5.74) is 1.41. The summed E-state index contributed by atoms with van der Waals surface area (Å²) < 4.78 is 0. The van der Waals surface area contributed by atoms with E-state index in [1.807, 2.05) is 4.90 Å². The summed E-state index contributed by atoms with van der Waals surface area (Å²) in [5, 5.41) is 18.6. The number of carbonyl (C=O) groups excluding carboxylic acids is 2. The Hall–Kier alpha value is -2.68. The third-order valence-corrected chi connectivity index (χ3v) is 5.11. The molecule has 2 aliphatic heterocycles. The highest BCUT2D eigenvalue weighted by atomic mass is 32.2. The van der Waals surface area contributed by atoms with Crippen LogP contribution in [0.3, 0.4) is 0 Å². The van der Waals surface area contributed by atoms with Gasteiger partial charge in [0.2, 0.25) is 5.91 Å². The molecule has 0 spiro atoms. The maximum atomic E-state index is 12.3. The van der Waals surface area contributed by atoms with E-state index in [-0.39, 0.29) is 23.4 Å². The van der Waals surface area contributed by atoms with Crippen LogP contribution in [0.2, 0.25) is 0 Å². The number of carbonyl (C=O) groups is 3. The van der Waals surface area contributed by atoms with Crippen LogP contribution in [0.25, 0.3) is 0 Å². The molecule has 0 aromatic heterocycles. The molecule has 8 nitrogen and oxygen atoms in total. The van der Waals surface area contributed by atoms with E-state index in [0.29, 0.717) is 5.56 Å². The van der Waals surface area contributed by atoms with Crippen molar-refractivity contribution in [1.29, 1.82) is 0 Å². The van der Waals surface area contributed by atoms with Gasteiger partial charge in [0.05, 0.1) is 12.6 Å². The topological polar surface area (TPSA) is 111 Å². The molecular formula is C17H18N4O4S. The van der Waals surface area contributed by atoms with E-state index < -0.39 is 11.2 Å². The molecule has 2 aliphatic rings. The highest BCUT2D eigenvalue weighted by molar-refractivity contribution is 8.15. The molecule has 0 radical (unpaired) electrons. The molecule has 1 unspecified atom stereocenters. The average Bonchev–Trinajstić information content (AvgIpc) is 3.25. The number of amides is 2. The SMILES string of the molecule is O=C(O)CC1SC(=NN=Cc2ccc(C(=O)N3CCCC3)cc2)NC1=O. The summed E-state index contributed by atoms with van der Waals surface area (Å²) in [6.45, 7) is 1.62. The number of carboxylic acid groups (broad SMARTS) is 1. The maximum absolute atomic E-state index is 12.3. The van der Waals surface area contributed by atoms with Crippen LogP contribution in [0.4, 0.5) is 0 Å². The number of amidine groups is 1. The number of carboxylic acids is 1. The molecule has 136 valence electrons. The largest absolute Gasteiger partial charge is 0.481 e.